The van der Waals surface area contributed by atoms with Crippen LogP contribution >= 0.6 is 0 Å². The number of rotatable bonds is 3. The first-order chi connectivity index (χ1) is 11.1. The van der Waals surface area contributed by atoms with Crippen LogP contribution in [-0.4, -0.2) is 54.5 Å². The number of esters is 1. The second kappa shape index (κ2) is 6.47. The summed E-state index contributed by atoms with van der Waals surface area (Å²) in [6.45, 7) is 4.46. The summed E-state index contributed by atoms with van der Waals surface area (Å²) in [4.78, 5) is 22.9. The van der Waals surface area contributed by atoms with Gasteiger partial charge >= 0.3 is 5.97 Å². The standard InChI is InChI=1S/C16H19N3O4/c1-10(20)12-7-11(16(21)22-2)8-13-15(12)18-14(9-17-13)19-3-5-23-6-4-19/h7-10,20H,3-6H2,1-2H3. The maximum absolute atomic E-state index is 11.8. The minimum Gasteiger partial charge on any atom is -0.465 e. The maximum atomic E-state index is 11.8. The molecule has 7 nitrogen and oxygen atoms in total. The first kappa shape index (κ1) is 15.6. The van der Waals surface area contributed by atoms with Gasteiger partial charge in [-0.25, -0.2) is 9.78 Å². The Balaban J connectivity index is 2.09. The number of ether oxygens (including phenoxy) is 2. The summed E-state index contributed by atoms with van der Waals surface area (Å²) in [7, 11) is 1.32. The van der Waals surface area contributed by atoms with Crippen molar-refractivity contribution in [2.24, 2.45) is 0 Å². The number of benzene rings is 1. The van der Waals surface area contributed by atoms with Gasteiger partial charge in [-0.1, -0.05) is 0 Å². The molecule has 23 heavy (non-hydrogen) atoms. The molecule has 122 valence electrons. The molecule has 7 heteroatoms. The van der Waals surface area contributed by atoms with E-state index < -0.39 is 12.1 Å². The zero-order chi connectivity index (χ0) is 16.4. The maximum Gasteiger partial charge on any atom is 0.337 e. The van der Waals surface area contributed by atoms with E-state index in [-0.39, 0.29) is 0 Å². The van der Waals surface area contributed by atoms with Crippen LogP contribution in [0.4, 0.5) is 5.82 Å². The highest BCUT2D eigenvalue weighted by Crippen LogP contribution is 2.26. The van der Waals surface area contributed by atoms with Crippen LogP contribution in [0.3, 0.4) is 0 Å². The molecule has 1 saturated heterocycles. The van der Waals surface area contributed by atoms with Crippen LogP contribution in [0.2, 0.25) is 0 Å². The number of fused-ring (bicyclic) bond motifs is 1. The average Bonchev–Trinajstić information content (AvgIpc) is 2.60. The fraction of sp³-hybridized carbons (Fsp3) is 0.438. The quantitative estimate of drug-likeness (QED) is 0.854. The number of aromatic nitrogens is 2. The van der Waals surface area contributed by atoms with Crippen molar-refractivity contribution in [2.45, 2.75) is 13.0 Å². The fourth-order valence-electron chi connectivity index (χ4n) is 2.63. The summed E-state index contributed by atoms with van der Waals surface area (Å²) in [6, 6.07) is 3.24. The number of anilines is 1. The summed E-state index contributed by atoms with van der Waals surface area (Å²) < 4.78 is 10.1. The number of hydrogen-bond acceptors (Lipinski definition) is 7. The van der Waals surface area contributed by atoms with Gasteiger partial charge in [-0.15, -0.1) is 0 Å². The van der Waals surface area contributed by atoms with E-state index in [1.54, 1.807) is 25.3 Å². The number of carbonyl (C=O) groups is 1. The number of carbonyl (C=O) groups excluding carboxylic acids is 1. The summed E-state index contributed by atoms with van der Waals surface area (Å²) in [5.74, 6) is 0.279. The normalized spacial score (nSPS) is 16.4. The second-order valence-electron chi connectivity index (χ2n) is 5.43. The Morgan fingerprint density at radius 1 is 1.39 bits per heavy atom. The third-order valence-electron chi connectivity index (χ3n) is 3.87. The first-order valence-corrected chi connectivity index (χ1v) is 7.50. The van der Waals surface area contributed by atoms with Crippen molar-refractivity contribution in [3.63, 3.8) is 0 Å². The zero-order valence-electron chi connectivity index (χ0n) is 13.2. The topological polar surface area (TPSA) is 84.8 Å². The van der Waals surface area contributed by atoms with Crippen molar-refractivity contribution in [3.8, 4) is 0 Å². The summed E-state index contributed by atoms with van der Waals surface area (Å²) in [6.07, 6.45) is 0.914. The molecule has 0 bridgehead atoms. The van der Waals surface area contributed by atoms with Crippen molar-refractivity contribution < 1.29 is 19.4 Å². The van der Waals surface area contributed by atoms with E-state index in [9.17, 15) is 9.90 Å². The van der Waals surface area contributed by atoms with Gasteiger partial charge < -0.3 is 19.5 Å². The lowest BCUT2D eigenvalue weighted by atomic mass is 10.0. The monoisotopic (exact) mass is 317 g/mol. The Kier molecular flexibility index (Phi) is 4.40. The molecular weight excluding hydrogens is 298 g/mol. The molecule has 2 aromatic rings. The average molecular weight is 317 g/mol. The SMILES string of the molecule is COC(=O)c1cc(C(C)O)c2nc(N3CCOCC3)cnc2c1. The molecule has 1 atom stereocenters. The largest absolute Gasteiger partial charge is 0.465 e. The number of hydrogen-bond donors (Lipinski definition) is 1. The van der Waals surface area contributed by atoms with Crippen LogP contribution in [-0.2, 0) is 9.47 Å². The van der Waals surface area contributed by atoms with Crippen molar-refractivity contribution in [1.82, 2.24) is 9.97 Å². The molecule has 1 fully saturated rings. The van der Waals surface area contributed by atoms with E-state index in [1.165, 1.54) is 7.11 Å². The number of methoxy groups -OCH3 is 1. The van der Waals surface area contributed by atoms with Gasteiger partial charge in [-0.2, -0.15) is 0 Å². The molecule has 1 aliphatic rings. The molecule has 0 radical (unpaired) electrons. The summed E-state index contributed by atoms with van der Waals surface area (Å²) in [5, 5.41) is 10.0. The van der Waals surface area contributed by atoms with Crippen molar-refractivity contribution in [1.29, 1.82) is 0 Å². The Morgan fingerprint density at radius 2 is 2.13 bits per heavy atom. The summed E-state index contributed by atoms with van der Waals surface area (Å²) in [5.41, 5.74) is 2.06. The second-order valence-corrected chi connectivity index (χ2v) is 5.43. The molecule has 0 amide bonds. The minimum atomic E-state index is -0.767. The number of aliphatic hydroxyl groups is 1. The molecule has 1 aromatic heterocycles. The first-order valence-electron chi connectivity index (χ1n) is 7.50. The minimum absolute atomic E-state index is 0.351. The van der Waals surface area contributed by atoms with Gasteiger partial charge in [-0.05, 0) is 19.1 Å². The predicted octanol–water partition coefficient (Wildman–Crippen LogP) is 1.31. The van der Waals surface area contributed by atoms with Crippen LogP contribution in [0.15, 0.2) is 18.3 Å². The van der Waals surface area contributed by atoms with Gasteiger partial charge in [0, 0.05) is 18.7 Å². The molecule has 2 heterocycles. The molecule has 1 unspecified atom stereocenters. The lowest BCUT2D eigenvalue weighted by Crippen LogP contribution is -2.36. The Bertz CT molecular complexity index is 727. The molecule has 0 saturated carbocycles. The zero-order valence-corrected chi connectivity index (χ0v) is 13.2. The molecule has 1 aliphatic heterocycles. The van der Waals surface area contributed by atoms with E-state index in [0.717, 1.165) is 18.9 Å². The third-order valence-corrected chi connectivity index (χ3v) is 3.87. The Morgan fingerprint density at radius 3 is 2.78 bits per heavy atom. The van der Waals surface area contributed by atoms with Gasteiger partial charge in [0.2, 0.25) is 0 Å². The van der Waals surface area contributed by atoms with Gasteiger partial charge in [0.15, 0.2) is 0 Å². The smallest absolute Gasteiger partial charge is 0.337 e. The van der Waals surface area contributed by atoms with Gasteiger partial charge in [0.25, 0.3) is 0 Å². The number of aliphatic hydroxyl groups excluding tert-OH is 1. The van der Waals surface area contributed by atoms with E-state index in [0.29, 0.717) is 35.4 Å². The van der Waals surface area contributed by atoms with Crippen LogP contribution in [0, 0.1) is 0 Å². The van der Waals surface area contributed by atoms with Gasteiger partial charge in [-0.3, -0.25) is 4.98 Å². The molecule has 1 N–H and O–H groups in total. The number of nitrogens with zero attached hydrogens (tertiary/aromatic N) is 3. The van der Waals surface area contributed by atoms with Gasteiger partial charge in [0.1, 0.15) is 5.82 Å². The van der Waals surface area contributed by atoms with Crippen LogP contribution < -0.4 is 4.90 Å². The highest BCUT2D eigenvalue weighted by atomic mass is 16.5. The van der Waals surface area contributed by atoms with Crippen LogP contribution in [0.25, 0.3) is 11.0 Å². The third kappa shape index (κ3) is 3.11. The van der Waals surface area contributed by atoms with E-state index in [2.05, 4.69) is 14.9 Å². The molecular formula is C16H19N3O4. The lowest BCUT2D eigenvalue weighted by molar-refractivity contribution is 0.0600. The molecule has 1 aromatic carbocycles. The molecule has 0 aliphatic carbocycles. The number of morpholine rings is 1. The fourth-order valence-corrected chi connectivity index (χ4v) is 2.63. The molecule has 3 rings (SSSR count). The van der Waals surface area contributed by atoms with E-state index in [4.69, 9.17) is 9.47 Å². The van der Waals surface area contributed by atoms with E-state index in [1.807, 2.05) is 0 Å². The van der Waals surface area contributed by atoms with E-state index >= 15 is 0 Å². The summed E-state index contributed by atoms with van der Waals surface area (Å²) >= 11 is 0. The van der Waals surface area contributed by atoms with Crippen molar-refractivity contribution >= 4 is 22.8 Å². The lowest BCUT2D eigenvalue weighted by Gasteiger charge is -2.27. The van der Waals surface area contributed by atoms with Crippen molar-refractivity contribution in [2.75, 3.05) is 38.3 Å². The van der Waals surface area contributed by atoms with Gasteiger partial charge in [0.05, 0.1) is 49.2 Å². The Hall–Kier alpha value is -2.25. The van der Waals surface area contributed by atoms with Crippen molar-refractivity contribution in [3.05, 3.63) is 29.5 Å². The highest BCUT2D eigenvalue weighted by molar-refractivity contribution is 5.95. The Labute approximate surface area is 133 Å². The molecule has 0 spiro atoms. The highest BCUT2D eigenvalue weighted by Gasteiger charge is 2.18. The van der Waals surface area contributed by atoms with Crippen LogP contribution in [0.5, 0.6) is 0 Å². The van der Waals surface area contributed by atoms with Crippen LogP contribution in [0.1, 0.15) is 28.9 Å². The predicted molar refractivity (Wildman–Crippen MR) is 84.5 cm³/mol.